The number of benzene rings is 2. The fourth-order valence-electron chi connectivity index (χ4n) is 1.89. The molecule has 0 saturated heterocycles. The molecular weight excluding hydrogens is 320 g/mol. The Kier molecular flexibility index (Phi) is 3.36. The summed E-state index contributed by atoms with van der Waals surface area (Å²) in [6.07, 6.45) is 0. The van der Waals surface area contributed by atoms with Crippen LogP contribution in [0.3, 0.4) is 0 Å². The van der Waals surface area contributed by atoms with E-state index in [2.05, 4.69) is 27.0 Å². The molecule has 4 heteroatoms. The molecule has 0 saturated carbocycles. The predicted molar refractivity (Wildman–Crippen MR) is 85.1 cm³/mol. The summed E-state index contributed by atoms with van der Waals surface area (Å²) in [5, 5.41) is 3.03. The Hall–Kier alpha value is -1.65. The minimum Gasteiger partial charge on any atom is -0.398 e. The highest BCUT2D eigenvalue weighted by molar-refractivity contribution is 9.10. The van der Waals surface area contributed by atoms with Crippen molar-refractivity contribution in [2.75, 3.05) is 5.73 Å². The van der Waals surface area contributed by atoms with E-state index >= 15 is 0 Å². The number of thiazole rings is 1. The second-order valence-electron chi connectivity index (χ2n) is 4.10. The number of nitrogen functional groups attached to an aromatic ring is 1. The zero-order chi connectivity index (χ0) is 13.2. The first-order valence-electron chi connectivity index (χ1n) is 5.81. The van der Waals surface area contributed by atoms with E-state index in [4.69, 9.17) is 5.73 Å². The van der Waals surface area contributed by atoms with Crippen LogP contribution in [0.1, 0.15) is 0 Å². The van der Waals surface area contributed by atoms with E-state index in [9.17, 15) is 0 Å². The highest BCUT2D eigenvalue weighted by Crippen LogP contribution is 2.34. The Bertz CT molecular complexity index is 661. The van der Waals surface area contributed by atoms with Crippen molar-refractivity contribution in [1.82, 2.24) is 4.98 Å². The van der Waals surface area contributed by atoms with Gasteiger partial charge in [-0.25, -0.2) is 4.98 Å². The molecule has 1 heterocycles. The summed E-state index contributed by atoms with van der Waals surface area (Å²) in [7, 11) is 0. The topological polar surface area (TPSA) is 38.9 Å². The summed E-state index contributed by atoms with van der Waals surface area (Å²) in [5.74, 6) is 0. The van der Waals surface area contributed by atoms with Gasteiger partial charge in [0.05, 0.1) is 5.69 Å². The molecule has 2 N–H and O–H groups in total. The van der Waals surface area contributed by atoms with E-state index in [1.165, 1.54) is 0 Å². The number of nitrogens with two attached hydrogens (primary N) is 1. The van der Waals surface area contributed by atoms with Crippen molar-refractivity contribution < 1.29 is 0 Å². The third kappa shape index (κ3) is 2.41. The molecule has 1 aromatic heterocycles. The average molecular weight is 331 g/mol. The van der Waals surface area contributed by atoms with Crippen LogP contribution in [-0.4, -0.2) is 4.98 Å². The van der Waals surface area contributed by atoms with Crippen LogP contribution in [0.2, 0.25) is 0 Å². The van der Waals surface area contributed by atoms with Crippen LogP contribution in [0, 0.1) is 0 Å². The number of halogens is 1. The number of aromatic nitrogens is 1. The number of para-hydroxylation sites is 1. The van der Waals surface area contributed by atoms with Gasteiger partial charge in [-0.15, -0.1) is 11.3 Å². The van der Waals surface area contributed by atoms with E-state index in [-0.39, 0.29) is 0 Å². The maximum absolute atomic E-state index is 5.99. The molecule has 0 bridgehead atoms. The predicted octanol–water partition coefficient (Wildman–Crippen LogP) is 4.82. The van der Waals surface area contributed by atoms with Gasteiger partial charge in [-0.1, -0.05) is 52.3 Å². The van der Waals surface area contributed by atoms with Crippen molar-refractivity contribution in [3.8, 4) is 21.8 Å². The third-order valence-electron chi connectivity index (χ3n) is 2.85. The normalized spacial score (nSPS) is 10.6. The fraction of sp³-hybridized carbons (Fsp3) is 0. The molecule has 2 aromatic carbocycles. The van der Waals surface area contributed by atoms with Crippen LogP contribution in [0.15, 0.2) is 58.4 Å². The molecule has 94 valence electrons. The Morgan fingerprint density at radius 1 is 0.947 bits per heavy atom. The minimum atomic E-state index is 0.756. The lowest BCUT2D eigenvalue weighted by Gasteiger charge is -2.01. The number of rotatable bonds is 2. The molecule has 0 unspecified atom stereocenters. The Balaban J connectivity index is 2.06. The van der Waals surface area contributed by atoms with Gasteiger partial charge in [0.25, 0.3) is 0 Å². The average Bonchev–Trinajstić information content (AvgIpc) is 2.89. The molecule has 2 nitrogen and oxygen atoms in total. The van der Waals surface area contributed by atoms with Gasteiger partial charge in [-0.3, -0.25) is 0 Å². The number of hydrogen-bond acceptors (Lipinski definition) is 3. The van der Waals surface area contributed by atoms with Gasteiger partial charge < -0.3 is 5.73 Å². The zero-order valence-corrected chi connectivity index (χ0v) is 12.4. The van der Waals surface area contributed by atoms with E-state index in [1.807, 2.05) is 47.8 Å². The molecule has 19 heavy (non-hydrogen) atoms. The molecule has 0 aliphatic carbocycles. The first-order valence-corrected chi connectivity index (χ1v) is 7.48. The van der Waals surface area contributed by atoms with Crippen molar-refractivity contribution in [3.05, 3.63) is 58.4 Å². The molecule has 0 spiro atoms. The summed E-state index contributed by atoms with van der Waals surface area (Å²) in [4.78, 5) is 4.68. The van der Waals surface area contributed by atoms with Gasteiger partial charge in [0, 0.05) is 26.7 Å². The first kappa shape index (κ1) is 12.4. The van der Waals surface area contributed by atoms with Crippen molar-refractivity contribution in [3.63, 3.8) is 0 Å². The molecule has 0 amide bonds. The van der Waals surface area contributed by atoms with E-state index < -0.39 is 0 Å². The number of hydrogen-bond donors (Lipinski definition) is 1. The Morgan fingerprint density at radius 3 is 2.37 bits per heavy atom. The van der Waals surface area contributed by atoms with Gasteiger partial charge in [-0.2, -0.15) is 0 Å². The summed E-state index contributed by atoms with van der Waals surface area (Å²) in [5.41, 5.74) is 9.75. The van der Waals surface area contributed by atoms with Crippen LogP contribution in [0.5, 0.6) is 0 Å². The fourth-order valence-corrected chi connectivity index (χ4v) is 3.35. The van der Waals surface area contributed by atoms with Gasteiger partial charge in [0.15, 0.2) is 0 Å². The van der Waals surface area contributed by atoms with Crippen molar-refractivity contribution in [2.24, 2.45) is 0 Å². The maximum Gasteiger partial charge on any atom is 0.125 e. The van der Waals surface area contributed by atoms with Crippen LogP contribution in [-0.2, 0) is 0 Å². The molecule has 0 radical (unpaired) electrons. The van der Waals surface area contributed by atoms with E-state index in [0.29, 0.717) is 0 Å². The largest absolute Gasteiger partial charge is 0.398 e. The van der Waals surface area contributed by atoms with E-state index in [1.54, 1.807) is 11.3 Å². The molecule has 3 aromatic rings. The summed E-state index contributed by atoms with van der Waals surface area (Å²) in [6.45, 7) is 0. The Labute approximate surface area is 124 Å². The Morgan fingerprint density at radius 2 is 1.63 bits per heavy atom. The molecule has 0 fully saturated rings. The lowest BCUT2D eigenvalue weighted by atomic mass is 10.1. The molecule has 0 aliphatic rings. The van der Waals surface area contributed by atoms with Crippen LogP contribution >= 0.6 is 27.3 Å². The van der Waals surface area contributed by atoms with Crippen molar-refractivity contribution in [2.45, 2.75) is 0 Å². The lowest BCUT2D eigenvalue weighted by molar-refractivity contribution is 1.40. The minimum absolute atomic E-state index is 0.756. The highest BCUT2D eigenvalue weighted by Gasteiger charge is 2.10. The van der Waals surface area contributed by atoms with Gasteiger partial charge in [0.2, 0.25) is 0 Å². The monoisotopic (exact) mass is 330 g/mol. The standard InChI is InChI=1S/C15H11BrN2S/c16-12-7-3-1-5-10(12)15-18-14(9-19-15)11-6-2-4-8-13(11)17/h1-9H,17H2. The molecule has 0 atom stereocenters. The molecular formula is C15H11BrN2S. The lowest BCUT2D eigenvalue weighted by Crippen LogP contribution is -1.89. The second kappa shape index (κ2) is 5.15. The van der Waals surface area contributed by atoms with Crippen LogP contribution in [0.25, 0.3) is 21.8 Å². The maximum atomic E-state index is 5.99. The summed E-state index contributed by atoms with van der Waals surface area (Å²) >= 11 is 5.18. The van der Waals surface area contributed by atoms with Crippen LogP contribution < -0.4 is 5.73 Å². The van der Waals surface area contributed by atoms with Crippen molar-refractivity contribution in [1.29, 1.82) is 0 Å². The third-order valence-corrected chi connectivity index (χ3v) is 4.41. The van der Waals surface area contributed by atoms with Gasteiger partial charge in [-0.05, 0) is 12.1 Å². The quantitative estimate of drug-likeness (QED) is 0.684. The number of nitrogens with zero attached hydrogens (tertiary/aromatic N) is 1. The highest BCUT2D eigenvalue weighted by atomic mass is 79.9. The van der Waals surface area contributed by atoms with Crippen LogP contribution in [0.4, 0.5) is 5.69 Å². The summed E-state index contributed by atoms with van der Waals surface area (Å²) < 4.78 is 1.05. The molecule has 0 aliphatic heterocycles. The van der Waals surface area contributed by atoms with Crippen molar-refractivity contribution >= 4 is 33.0 Å². The molecule has 3 rings (SSSR count). The number of anilines is 1. The SMILES string of the molecule is Nc1ccccc1-c1csc(-c2ccccc2Br)n1. The summed E-state index contributed by atoms with van der Waals surface area (Å²) in [6, 6.07) is 15.9. The smallest absolute Gasteiger partial charge is 0.125 e. The second-order valence-corrected chi connectivity index (χ2v) is 5.82. The van der Waals surface area contributed by atoms with Gasteiger partial charge >= 0.3 is 0 Å². The van der Waals surface area contributed by atoms with Gasteiger partial charge in [0.1, 0.15) is 5.01 Å². The van der Waals surface area contributed by atoms with E-state index in [0.717, 1.165) is 32.0 Å². The first-order chi connectivity index (χ1) is 9.25. The zero-order valence-electron chi connectivity index (χ0n) is 10.0.